The zero-order chi connectivity index (χ0) is 23.2. The molecule has 1 N–H and O–H groups in total. The Bertz CT molecular complexity index is 1270. The van der Waals surface area contributed by atoms with Gasteiger partial charge in [0.15, 0.2) is 11.0 Å². The Morgan fingerprint density at radius 2 is 1.70 bits per heavy atom. The van der Waals surface area contributed by atoms with Crippen molar-refractivity contribution in [2.75, 3.05) is 5.75 Å². The van der Waals surface area contributed by atoms with Crippen molar-refractivity contribution in [2.24, 2.45) is 5.10 Å². The summed E-state index contributed by atoms with van der Waals surface area (Å²) in [6.45, 7) is 3.78. The first-order valence-electron chi connectivity index (χ1n) is 10.3. The van der Waals surface area contributed by atoms with Gasteiger partial charge >= 0.3 is 0 Å². The summed E-state index contributed by atoms with van der Waals surface area (Å²) in [5.74, 6) is 0.215. The predicted octanol–water partition coefficient (Wildman–Crippen LogP) is 5.01. The van der Waals surface area contributed by atoms with Crippen molar-refractivity contribution in [3.8, 4) is 17.1 Å². The second-order valence-corrected chi connectivity index (χ2v) is 8.31. The van der Waals surface area contributed by atoms with Crippen LogP contribution in [0.4, 0.5) is 4.39 Å². The normalized spacial score (nSPS) is 11.4. The van der Waals surface area contributed by atoms with Crippen LogP contribution in [0.15, 0.2) is 89.1 Å². The van der Waals surface area contributed by atoms with E-state index in [-0.39, 0.29) is 17.5 Å². The van der Waals surface area contributed by atoms with Gasteiger partial charge in [-0.3, -0.25) is 9.36 Å². The van der Waals surface area contributed by atoms with E-state index in [0.717, 1.165) is 22.4 Å². The third-order valence-corrected chi connectivity index (χ3v) is 5.83. The summed E-state index contributed by atoms with van der Waals surface area (Å²) in [5, 5.41) is 13.4. The molecular weight excluding hydrogens is 437 g/mol. The van der Waals surface area contributed by atoms with Crippen LogP contribution in [-0.4, -0.2) is 32.1 Å². The van der Waals surface area contributed by atoms with Gasteiger partial charge in [0.05, 0.1) is 11.5 Å². The molecule has 8 heteroatoms. The van der Waals surface area contributed by atoms with E-state index in [0.29, 0.717) is 16.7 Å². The first-order valence-corrected chi connectivity index (χ1v) is 11.3. The molecule has 1 heterocycles. The molecule has 33 heavy (non-hydrogen) atoms. The Labute approximate surface area is 195 Å². The molecule has 4 rings (SSSR count). The molecule has 0 aliphatic rings. The number of hydrogen-bond acceptors (Lipinski definition) is 5. The van der Waals surface area contributed by atoms with E-state index < -0.39 is 0 Å². The summed E-state index contributed by atoms with van der Waals surface area (Å²) < 4.78 is 15.0. The highest BCUT2D eigenvalue weighted by Gasteiger charge is 2.17. The summed E-state index contributed by atoms with van der Waals surface area (Å²) in [4.78, 5) is 12.4. The zero-order valence-electron chi connectivity index (χ0n) is 18.2. The molecule has 0 saturated carbocycles. The lowest BCUT2D eigenvalue weighted by Gasteiger charge is -2.10. The quantitative estimate of drug-likeness (QED) is 0.239. The fraction of sp³-hybridized carbons (Fsp3) is 0.120. The van der Waals surface area contributed by atoms with Crippen LogP contribution in [0.1, 0.15) is 18.1 Å². The molecule has 166 valence electrons. The average molecular weight is 460 g/mol. The van der Waals surface area contributed by atoms with Gasteiger partial charge < -0.3 is 0 Å². The van der Waals surface area contributed by atoms with Crippen LogP contribution in [-0.2, 0) is 4.79 Å². The Hall–Kier alpha value is -3.78. The van der Waals surface area contributed by atoms with Crippen molar-refractivity contribution in [1.29, 1.82) is 0 Å². The maximum absolute atomic E-state index is 13.1. The van der Waals surface area contributed by atoms with E-state index in [9.17, 15) is 9.18 Å². The van der Waals surface area contributed by atoms with Crippen LogP contribution >= 0.6 is 11.8 Å². The summed E-state index contributed by atoms with van der Waals surface area (Å²) in [7, 11) is 0. The number of carbonyl (C=O) groups excluding carboxylic acids is 1. The third-order valence-electron chi connectivity index (χ3n) is 4.90. The van der Waals surface area contributed by atoms with E-state index in [2.05, 4.69) is 20.7 Å². The van der Waals surface area contributed by atoms with Gasteiger partial charge in [0.25, 0.3) is 5.91 Å². The summed E-state index contributed by atoms with van der Waals surface area (Å²) >= 11 is 1.28. The lowest BCUT2D eigenvalue weighted by Crippen LogP contribution is -2.21. The standard InChI is InChI=1S/C25H22FN5OS/c1-17-8-14-22(15-9-17)31-24(20-6-4-3-5-7-20)29-30-25(31)33-16-23(32)28-27-18(2)19-10-12-21(26)13-11-19/h3-15H,16H2,1-2H3,(H,28,32). The van der Waals surface area contributed by atoms with Crippen molar-refractivity contribution in [2.45, 2.75) is 19.0 Å². The molecule has 0 aliphatic carbocycles. The topological polar surface area (TPSA) is 72.2 Å². The van der Waals surface area contributed by atoms with Gasteiger partial charge in [-0.25, -0.2) is 9.82 Å². The molecule has 0 bridgehead atoms. The third kappa shape index (κ3) is 5.53. The van der Waals surface area contributed by atoms with Crippen molar-refractivity contribution >= 4 is 23.4 Å². The zero-order valence-corrected chi connectivity index (χ0v) is 19.0. The second-order valence-electron chi connectivity index (χ2n) is 7.37. The predicted molar refractivity (Wildman–Crippen MR) is 129 cm³/mol. The molecule has 0 unspecified atom stereocenters. The molecule has 0 fully saturated rings. The number of nitrogens with zero attached hydrogens (tertiary/aromatic N) is 4. The minimum absolute atomic E-state index is 0.110. The van der Waals surface area contributed by atoms with Gasteiger partial charge in [-0.15, -0.1) is 10.2 Å². The van der Waals surface area contributed by atoms with Crippen LogP contribution in [0.5, 0.6) is 0 Å². The average Bonchev–Trinajstić information content (AvgIpc) is 3.26. The van der Waals surface area contributed by atoms with Crippen molar-refractivity contribution < 1.29 is 9.18 Å². The number of nitrogens with one attached hydrogen (secondary N) is 1. The highest BCUT2D eigenvalue weighted by Crippen LogP contribution is 2.28. The van der Waals surface area contributed by atoms with E-state index >= 15 is 0 Å². The van der Waals surface area contributed by atoms with E-state index in [1.54, 1.807) is 19.1 Å². The summed E-state index contributed by atoms with van der Waals surface area (Å²) in [6, 6.07) is 23.8. The minimum Gasteiger partial charge on any atom is -0.272 e. The fourth-order valence-electron chi connectivity index (χ4n) is 3.13. The minimum atomic E-state index is -0.320. The maximum atomic E-state index is 13.1. The summed E-state index contributed by atoms with van der Waals surface area (Å²) in [5.41, 5.74) is 6.86. The number of carbonyl (C=O) groups is 1. The van der Waals surface area contributed by atoms with E-state index in [4.69, 9.17) is 0 Å². The first-order chi connectivity index (χ1) is 16.0. The van der Waals surface area contributed by atoms with Crippen molar-refractivity contribution in [3.63, 3.8) is 0 Å². The van der Waals surface area contributed by atoms with Crippen LogP contribution in [0, 0.1) is 12.7 Å². The van der Waals surface area contributed by atoms with Crippen molar-refractivity contribution in [1.82, 2.24) is 20.2 Å². The first kappa shape index (κ1) is 22.4. The molecule has 6 nitrogen and oxygen atoms in total. The van der Waals surface area contributed by atoms with Gasteiger partial charge in [0.2, 0.25) is 0 Å². The number of thioether (sulfide) groups is 1. The highest BCUT2D eigenvalue weighted by atomic mass is 32.2. The Morgan fingerprint density at radius 1 is 1.00 bits per heavy atom. The van der Waals surface area contributed by atoms with Gasteiger partial charge in [-0.2, -0.15) is 5.10 Å². The SMILES string of the molecule is CC(=NNC(=O)CSc1nnc(-c2ccccc2)n1-c1ccc(C)cc1)c1ccc(F)cc1. The van der Waals surface area contributed by atoms with Gasteiger partial charge in [-0.1, -0.05) is 71.9 Å². The molecule has 1 aromatic heterocycles. The fourth-order valence-corrected chi connectivity index (χ4v) is 3.87. The highest BCUT2D eigenvalue weighted by molar-refractivity contribution is 7.99. The van der Waals surface area contributed by atoms with Crippen LogP contribution in [0.3, 0.4) is 0 Å². The number of hydrazone groups is 1. The van der Waals surface area contributed by atoms with Crippen LogP contribution in [0.25, 0.3) is 17.1 Å². The molecule has 4 aromatic rings. The molecule has 3 aromatic carbocycles. The molecule has 0 aliphatic heterocycles. The number of benzene rings is 3. The maximum Gasteiger partial charge on any atom is 0.250 e. The van der Waals surface area contributed by atoms with E-state index in [1.165, 1.54) is 23.9 Å². The molecule has 1 amide bonds. The van der Waals surface area contributed by atoms with Crippen LogP contribution < -0.4 is 5.43 Å². The molecule has 0 radical (unpaired) electrons. The number of halogens is 1. The number of amides is 1. The number of rotatable bonds is 7. The monoisotopic (exact) mass is 459 g/mol. The Kier molecular flexibility index (Phi) is 6.95. The Morgan fingerprint density at radius 3 is 2.39 bits per heavy atom. The van der Waals surface area contributed by atoms with Gasteiger partial charge in [0, 0.05) is 11.3 Å². The number of aromatic nitrogens is 3. The lowest BCUT2D eigenvalue weighted by atomic mass is 10.1. The summed E-state index contributed by atoms with van der Waals surface area (Å²) in [6.07, 6.45) is 0. The smallest absolute Gasteiger partial charge is 0.250 e. The van der Waals surface area contributed by atoms with Crippen LogP contribution in [0.2, 0.25) is 0 Å². The molecular formula is C25H22FN5OS. The largest absolute Gasteiger partial charge is 0.272 e. The number of hydrogen-bond donors (Lipinski definition) is 1. The van der Waals surface area contributed by atoms with Crippen molar-refractivity contribution in [3.05, 3.63) is 95.8 Å². The van der Waals surface area contributed by atoms with Gasteiger partial charge in [0.1, 0.15) is 5.82 Å². The lowest BCUT2D eigenvalue weighted by molar-refractivity contribution is -0.118. The molecule has 0 saturated heterocycles. The molecule has 0 atom stereocenters. The second kappa shape index (κ2) is 10.2. The van der Waals surface area contributed by atoms with Gasteiger partial charge in [-0.05, 0) is 43.7 Å². The number of aryl methyl sites for hydroxylation is 1. The van der Waals surface area contributed by atoms with E-state index in [1.807, 2.05) is 66.1 Å². The molecule has 0 spiro atoms. The Balaban J connectivity index is 1.51.